The molecule has 2 N–H and O–H groups in total. The summed E-state index contributed by atoms with van der Waals surface area (Å²) < 4.78 is 29.0. The fraction of sp³-hybridized carbons (Fsp3) is 0.111. The van der Waals surface area contributed by atoms with Crippen molar-refractivity contribution >= 4 is 26.5 Å². The molecule has 5 heteroatoms. The second kappa shape index (κ2) is 9.39. The molecule has 0 fully saturated rings. The minimum absolute atomic E-state index is 0.229. The second-order valence-corrected chi connectivity index (χ2v) is 9.50. The van der Waals surface area contributed by atoms with Crippen LogP contribution in [0.5, 0.6) is 0 Å². The molecule has 4 rings (SSSR count). The molecule has 0 amide bonds. The van der Waals surface area contributed by atoms with Gasteiger partial charge in [0.15, 0.2) is 0 Å². The molecule has 2 atom stereocenters. The van der Waals surface area contributed by atoms with Gasteiger partial charge in [0, 0.05) is 5.69 Å². The lowest BCUT2D eigenvalue weighted by molar-refractivity contribution is 0.553. The van der Waals surface area contributed by atoms with Gasteiger partial charge in [0.2, 0.25) is 10.0 Å². The Hall–Kier alpha value is -3.41. The van der Waals surface area contributed by atoms with E-state index in [1.807, 2.05) is 55.5 Å². The zero-order valence-electron chi connectivity index (χ0n) is 17.9. The van der Waals surface area contributed by atoms with E-state index in [2.05, 4.69) is 40.9 Å². The van der Waals surface area contributed by atoms with Crippen LogP contribution in [-0.2, 0) is 10.0 Å². The summed E-state index contributed by atoms with van der Waals surface area (Å²) in [4.78, 5) is 0.229. The Labute approximate surface area is 189 Å². The van der Waals surface area contributed by atoms with Gasteiger partial charge in [0.1, 0.15) is 0 Å². The summed E-state index contributed by atoms with van der Waals surface area (Å²) in [7, 11) is -3.73. The van der Waals surface area contributed by atoms with Crippen molar-refractivity contribution in [3.8, 4) is 0 Å². The summed E-state index contributed by atoms with van der Waals surface area (Å²) in [5.74, 6) is 0. The second-order valence-electron chi connectivity index (χ2n) is 7.79. The van der Waals surface area contributed by atoms with Crippen LogP contribution in [0.4, 0.5) is 5.69 Å². The fourth-order valence-corrected chi connectivity index (χ4v) is 4.94. The normalized spacial score (nSPS) is 13.4. The summed E-state index contributed by atoms with van der Waals surface area (Å²) in [5.41, 5.74) is 2.86. The van der Waals surface area contributed by atoms with E-state index < -0.39 is 16.1 Å². The first kappa shape index (κ1) is 21.8. The third-order valence-corrected chi connectivity index (χ3v) is 6.94. The first-order chi connectivity index (χ1) is 15.5. The van der Waals surface area contributed by atoms with Crippen LogP contribution in [0.3, 0.4) is 0 Å². The van der Waals surface area contributed by atoms with Crippen LogP contribution in [0.1, 0.15) is 17.2 Å². The van der Waals surface area contributed by atoms with Crippen molar-refractivity contribution in [2.24, 2.45) is 0 Å². The van der Waals surface area contributed by atoms with Crippen LogP contribution in [-0.4, -0.2) is 14.5 Å². The van der Waals surface area contributed by atoms with Crippen LogP contribution in [0.25, 0.3) is 10.8 Å². The van der Waals surface area contributed by atoms with E-state index in [1.54, 1.807) is 30.3 Å². The summed E-state index contributed by atoms with van der Waals surface area (Å²) in [6, 6.07) is 29.9. The van der Waals surface area contributed by atoms with Gasteiger partial charge < -0.3 is 5.32 Å². The summed E-state index contributed by atoms with van der Waals surface area (Å²) >= 11 is 0. The monoisotopic (exact) mass is 442 g/mol. The SMILES string of the molecule is C=C[C@@H](NS(=O)(=O)c1ccc(C)cc1)[C@H](Nc1ccc2ccccc2c1)c1ccccc1. The minimum atomic E-state index is -3.73. The highest BCUT2D eigenvalue weighted by Crippen LogP contribution is 2.27. The first-order valence-electron chi connectivity index (χ1n) is 10.5. The van der Waals surface area contributed by atoms with Crippen LogP contribution < -0.4 is 10.0 Å². The van der Waals surface area contributed by atoms with Gasteiger partial charge >= 0.3 is 0 Å². The van der Waals surface area contributed by atoms with Crippen molar-refractivity contribution in [1.82, 2.24) is 4.72 Å². The third kappa shape index (κ3) is 4.90. The standard InChI is InChI=1S/C27H26N2O2S/c1-3-26(29-32(30,31)25-17-13-20(2)14-18-25)27(22-10-5-4-6-11-22)28-24-16-15-21-9-7-8-12-23(21)19-24/h3-19,26-29H,1H2,2H3/t26-,27-/m1/s1. The molecule has 0 aromatic heterocycles. The molecule has 4 aromatic carbocycles. The van der Waals surface area contributed by atoms with Crippen molar-refractivity contribution in [3.63, 3.8) is 0 Å². The van der Waals surface area contributed by atoms with Crippen molar-refractivity contribution < 1.29 is 8.42 Å². The molecule has 0 bridgehead atoms. The molecular weight excluding hydrogens is 416 g/mol. The summed E-state index contributed by atoms with van der Waals surface area (Å²) in [6.45, 7) is 5.85. The predicted molar refractivity (Wildman–Crippen MR) is 132 cm³/mol. The fourth-order valence-electron chi connectivity index (χ4n) is 3.72. The van der Waals surface area contributed by atoms with Crippen LogP contribution in [0.15, 0.2) is 115 Å². The number of benzene rings is 4. The van der Waals surface area contributed by atoms with Gasteiger partial charge in [-0.3, -0.25) is 0 Å². The zero-order chi connectivity index (χ0) is 22.6. The highest BCUT2D eigenvalue weighted by molar-refractivity contribution is 7.89. The number of aryl methyl sites for hydroxylation is 1. The highest BCUT2D eigenvalue weighted by Gasteiger charge is 2.26. The van der Waals surface area contributed by atoms with E-state index in [9.17, 15) is 8.42 Å². The lowest BCUT2D eigenvalue weighted by Crippen LogP contribution is -2.40. The van der Waals surface area contributed by atoms with Crippen molar-refractivity contribution in [3.05, 3.63) is 121 Å². The molecule has 0 saturated carbocycles. The maximum Gasteiger partial charge on any atom is 0.241 e. The van der Waals surface area contributed by atoms with Gasteiger partial charge in [0.25, 0.3) is 0 Å². The minimum Gasteiger partial charge on any atom is -0.376 e. The largest absolute Gasteiger partial charge is 0.376 e. The Morgan fingerprint density at radius 1 is 0.812 bits per heavy atom. The van der Waals surface area contributed by atoms with Gasteiger partial charge in [-0.2, -0.15) is 0 Å². The van der Waals surface area contributed by atoms with Gasteiger partial charge in [-0.15, -0.1) is 6.58 Å². The molecule has 4 aromatic rings. The Kier molecular flexibility index (Phi) is 6.40. The van der Waals surface area contributed by atoms with E-state index in [-0.39, 0.29) is 10.9 Å². The molecule has 32 heavy (non-hydrogen) atoms. The van der Waals surface area contributed by atoms with Crippen LogP contribution in [0.2, 0.25) is 0 Å². The quantitative estimate of drug-likeness (QED) is 0.337. The maximum atomic E-state index is 13.1. The van der Waals surface area contributed by atoms with Gasteiger partial charge in [-0.05, 0) is 47.5 Å². The molecule has 0 heterocycles. The Bertz CT molecular complexity index is 1320. The van der Waals surface area contributed by atoms with E-state index >= 15 is 0 Å². The van der Waals surface area contributed by atoms with Gasteiger partial charge in [0.05, 0.1) is 17.0 Å². The molecule has 0 aliphatic rings. The third-order valence-electron chi connectivity index (χ3n) is 5.47. The number of hydrogen-bond acceptors (Lipinski definition) is 3. The van der Waals surface area contributed by atoms with Crippen molar-refractivity contribution in [2.45, 2.75) is 23.9 Å². The van der Waals surface area contributed by atoms with Crippen molar-refractivity contribution in [2.75, 3.05) is 5.32 Å². The topological polar surface area (TPSA) is 58.2 Å². The van der Waals surface area contributed by atoms with Crippen LogP contribution in [0, 0.1) is 6.92 Å². The average molecular weight is 443 g/mol. The molecule has 162 valence electrons. The van der Waals surface area contributed by atoms with Crippen molar-refractivity contribution in [1.29, 1.82) is 0 Å². The molecule has 0 aliphatic carbocycles. The van der Waals surface area contributed by atoms with E-state index in [4.69, 9.17) is 0 Å². The Morgan fingerprint density at radius 3 is 2.16 bits per heavy atom. The molecule has 0 radical (unpaired) electrons. The molecule has 0 saturated heterocycles. The van der Waals surface area contributed by atoms with E-state index in [1.165, 1.54) is 0 Å². The molecular formula is C27H26N2O2S. The van der Waals surface area contributed by atoms with E-state index in [0.717, 1.165) is 27.6 Å². The Morgan fingerprint density at radius 2 is 1.47 bits per heavy atom. The lowest BCUT2D eigenvalue weighted by Gasteiger charge is -2.28. The van der Waals surface area contributed by atoms with Crippen LogP contribution >= 0.6 is 0 Å². The number of anilines is 1. The number of rotatable bonds is 8. The smallest absolute Gasteiger partial charge is 0.241 e. The number of hydrogen-bond donors (Lipinski definition) is 2. The maximum absolute atomic E-state index is 13.1. The first-order valence-corrected chi connectivity index (χ1v) is 12.0. The molecule has 0 spiro atoms. The summed E-state index contributed by atoms with van der Waals surface area (Å²) in [6.07, 6.45) is 1.64. The zero-order valence-corrected chi connectivity index (χ0v) is 18.7. The highest BCUT2D eigenvalue weighted by atomic mass is 32.2. The number of nitrogens with one attached hydrogen (secondary N) is 2. The predicted octanol–water partition coefficient (Wildman–Crippen LogP) is 5.83. The van der Waals surface area contributed by atoms with Gasteiger partial charge in [-0.25, -0.2) is 13.1 Å². The lowest BCUT2D eigenvalue weighted by atomic mass is 9.99. The Balaban J connectivity index is 1.68. The average Bonchev–Trinajstić information content (AvgIpc) is 2.82. The molecule has 0 unspecified atom stereocenters. The number of sulfonamides is 1. The summed E-state index contributed by atoms with van der Waals surface area (Å²) in [5, 5.41) is 5.78. The molecule has 0 aliphatic heterocycles. The van der Waals surface area contributed by atoms with Gasteiger partial charge in [-0.1, -0.05) is 84.4 Å². The van der Waals surface area contributed by atoms with E-state index in [0.29, 0.717) is 0 Å². The molecule has 4 nitrogen and oxygen atoms in total. The number of fused-ring (bicyclic) bond motifs is 1.